The van der Waals surface area contributed by atoms with E-state index in [1.807, 2.05) is 6.92 Å². The van der Waals surface area contributed by atoms with Crippen molar-refractivity contribution in [2.75, 3.05) is 55.7 Å². The first kappa shape index (κ1) is 115. The van der Waals surface area contributed by atoms with Crippen LogP contribution in [0.2, 0.25) is 0 Å². The first-order chi connectivity index (χ1) is 69.6. The summed E-state index contributed by atoms with van der Waals surface area (Å²) in [5.74, 6) is 5.93. The minimum Gasteiger partial charge on any atom is -0.490 e. The van der Waals surface area contributed by atoms with Gasteiger partial charge in [-0.1, -0.05) is 282 Å². The number of rotatable bonds is 58. The van der Waals surface area contributed by atoms with Crippen LogP contribution in [0.15, 0.2) is 182 Å². The number of aliphatic hydroxyl groups excluding tert-OH is 1. The van der Waals surface area contributed by atoms with Crippen molar-refractivity contribution in [3.05, 3.63) is 264 Å². The molecule has 0 fully saturated rings. The summed E-state index contributed by atoms with van der Waals surface area (Å²) in [7, 11) is 0. The van der Waals surface area contributed by atoms with Crippen molar-refractivity contribution in [1.29, 1.82) is 0 Å². The molecule has 9 N–H and O–H groups in total. The van der Waals surface area contributed by atoms with Crippen LogP contribution in [0.4, 0.5) is 89.5 Å². The van der Waals surface area contributed by atoms with E-state index >= 15 is 0 Å². The molecule has 30 heteroatoms. The average Bonchev–Trinajstić information content (AvgIpc) is 0.810. The van der Waals surface area contributed by atoms with E-state index in [1.54, 1.807) is 197 Å². The lowest BCUT2D eigenvalue weighted by molar-refractivity contribution is -0.385. The van der Waals surface area contributed by atoms with E-state index in [2.05, 4.69) is 112 Å². The van der Waals surface area contributed by atoms with E-state index in [9.17, 15) is 53.6 Å². The Morgan fingerprint density at radius 1 is 0.269 bits per heavy atom. The largest absolute Gasteiger partial charge is 0.490 e. The minimum absolute atomic E-state index is 0.00565. The highest BCUT2D eigenvalue weighted by Crippen LogP contribution is 2.38. The number of nitrogens with zero attached hydrogens (tertiary/aromatic N) is 1. The molecule has 9 rings (SSSR count). The number of aliphatic hydroxyl groups is 1. The van der Waals surface area contributed by atoms with Crippen LogP contribution in [-0.2, 0) is 97.4 Å². The van der Waals surface area contributed by atoms with E-state index in [-0.39, 0.29) is 64.1 Å². The summed E-state index contributed by atoms with van der Waals surface area (Å²) in [6.07, 6.45) is 18.3. The van der Waals surface area contributed by atoms with Crippen LogP contribution < -0.4 is 52.0 Å². The smallest absolute Gasteiger partial charge is 0.411 e. The van der Waals surface area contributed by atoms with Gasteiger partial charge in [-0.15, -0.1) is 0 Å². The molecule has 782 valence electrons. The fraction of sp³-hybridized carbons (Fsp3) is 0.461. The highest BCUT2D eigenvalue weighted by molar-refractivity contribution is 5.90. The standard InChI is InChI=1S/C115H151N9O21/c1-76(2)21-15-23-78(5)25-17-27-80(7)29-19-31-82(9)57-59-136-106-65-96(105(124(134)135)66-107(106)137-60-58-83(10)32-20-30-81(8)28-18-26-79(6)24-16-22-77(3)4)75-145-111(129)119-100-51-39-91(40-52-100)71-141-113(131)122-103-55-42-93(62-86(103)13)72-142-109(127)117-98-45-33-88(34-46-98)68-138-108(126)116-97-47-35-89(36-48-97)69-139-112(130)121-102-54-43-94(63-85(102)12)73-143-110(128)118-99-49-37-90(38-50-99)70-140-114(132)123-104-56-44-95(64-87(104)14)74-144-115(133)120-101-53-41-92(67-125)61-84(101)11/h33-56,61-66,76-83,125H,15-32,57-60,67-75H2,1-14H3,(H,116,126)(H,117,127)(H,118,128)(H,119,129)(H,120,133)(H,121,130)(H,122,131)(H,123,132)/t78-,79-,80-,81-,82?,83?/m1/s1. The minimum atomic E-state index is -0.835. The third-order valence-corrected chi connectivity index (χ3v) is 25.7. The lowest BCUT2D eigenvalue weighted by Crippen LogP contribution is -2.16. The van der Waals surface area contributed by atoms with Gasteiger partial charge in [0.25, 0.3) is 5.69 Å². The molecular formula is C115H151N9O21. The van der Waals surface area contributed by atoms with Gasteiger partial charge in [-0.2, -0.15) is 0 Å². The van der Waals surface area contributed by atoms with Crippen LogP contribution in [0.25, 0.3) is 0 Å². The maximum absolute atomic E-state index is 13.3. The van der Waals surface area contributed by atoms with Gasteiger partial charge in [0.05, 0.1) is 36.4 Å². The predicted molar refractivity (Wildman–Crippen MR) is 568 cm³/mol. The Balaban J connectivity index is 0.620. The molecule has 0 radical (unpaired) electrons. The van der Waals surface area contributed by atoms with Gasteiger partial charge in [-0.25, -0.2) is 38.4 Å². The zero-order chi connectivity index (χ0) is 105. The number of aryl methyl sites for hydroxylation is 4. The number of carbonyl (C=O) groups is 8. The Hall–Kier alpha value is -13.9. The Bertz CT molecular complexity index is 5600. The quantitative estimate of drug-likeness (QED) is 0.00971. The number of benzene rings is 9. The van der Waals surface area contributed by atoms with Crippen molar-refractivity contribution in [1.82, 2.24) is 0 Å². The van der Waals surface area contributed by atoms with E-state index in [0.29, 0.717) is 144 Å². The fourth-order valence-corrected chi connectivity index (χ4v) is 16.7. The first-order valence-electron chi connectivity index (χ1n) is 51.0. The lowest BCUT2D eigenvalue weighted by atomic mass is 9.91. The van der Waals surface area contributed by atoms with Gasteiger partial charge < -0.3 is 52.5 Å². The van der Waals surface area contributed by atoms with Gasteiger partial charge in [0, 0.05) is 45.5 Å². The van der Waals surface area contributed by atoms with Crippen LogP contribution in [0.1, 0.15) is 270 Å². The number of carbonyl (C=O) groups excluding carboxylic acids is 8. The number of anilines is 8. The molecule has 30 nitrogen and oxygen atoms in total. The van der Waals surface area contributed by atoms with Gasteiger partial charge in [-0.05, 0) is 234 Å². The second-order valence-electron chi connectivity index (χ2n) is 39.6. The Morgan fingerprint density at radius 3 is 0.731 bits per heavy atom. The number of nitro benzene ring substituents is 1. The van der Waals surface area contributed by atoms with E-state index in [0.717, 1.165) is 78.9 Å². The summed E-state index contributed by atoms with van der Waals surface area (Å²) in [5.41, 5.74) is 11.8. The van der Waals surface area contributed by atoms with Crippen molar-refractivity contribution in [3.8, 4) is 11.5 Å². The highest BCUT2D eigenvalue weighted by atomic mass is 16.6. The summed E-state index contributed by atoms with van der Waals surface area (Å²) in [5, 5.41) is 43.6. The number of nitrogens with one attached hydrogen (secondary N) is 8. The fourth-order valence-electron chi connectivity index (χ4n) is 16.7. The molecule has 9 aromatic rings. The van der Waals surface area contributed by atoms with Gasteiger partial charge in [0.15, 0.2) is 11.5 Å². The van der Waals surface area contributed by atoms with Gasteiger partial charge >= 0.3 is 48.7 Å². The van der Waals surface area contributed by atoms with Crippen LogP contribution in [-0.4, -0.2) is 72.0 Å². The second kappa shape index (κ2) is 61.3. The Labute approximate surface area is 854 Å². The molecule has 0 aromatic heterocycles. The number of ether oxygens (including phenoxy) is 10. The molecule has 0 aliphatic rings. The van der Waals surface area contributed by atoms with Crippen molar-refractivity contribution in [2.45, 2.75) is 285 Å². The molecule has 2 unspecified atom stereocenters. The molecule has 0 heterocycles. The maximum atomic E-state index is 13.3. The molecular weight excluding hydrogens is 1840 g/mol. The van der Waals surface area contributed by atoms with E-state index < -0.39 is 60.3 Å². The molecule has 8 amide bonds. The van der Waals surface area contributed by atoms with E-state index in [4.69, 9.17) is 47.4 Å². The molecule has 145 heavy (non-hydrogen) atoms. The molecule has 0 aliphatic heterocycles. The summed E-state index contributed by atoms with van der Waals surface area (Å²) in [4.78, 5) is 115. The summed E-state index contributed by atoms with van der Waals surface area (Å²) >= 11 is 0. The molecule has 0 spiro atoms. The molecule has 0 saturated heterocycles. The number of hydrogen-bond donors (Lipinski definition) is 9. The third kappa shape index (κ3) is 44.1. The van der Waals surface area contributed by atoms with Crippen LogP contribution >= 0.6 is 0 Å². The predicted octanol–water partition coefficient (Wildman–Crippen LogP) is 30.0. The zero-order valence-corrected chi connectivity index (χ0v) is 86.9. The Morgan fingerprint density at radius 2 is 0.483 bits per heavy atom. The van der Waals surface area contributed by atoms with Gasteiger partial charge in [-0.3, -0.25) is 52.6 Å². The average molecular weight is 2000 g/mol. The number of nitro groups is 1. The molecule has 0 aliphatic carbocycles. The van der Waals surface area contributed by atoms with Crippen molar-refractivity contribution in [3.63, 3.8) is 0 Å². The van der Waals surface area contributed by atoms with Crippen molar-refractivity contribution < 1.29 is 95.8 Å². The molecule has 0 bridgehead atoms. The zero-order valence-electron chi connectivity index (χ0n) is 86.9. The van der Waals surface area contributed by atoms with Gasteiger partial charge in [0.2, 0.25) is 0 Å². The molecule has 0 saturated carbocycles. The van der Waals surface area contributed by atoms with Crippen LogP contribution in [0, 0.1) is 85.2 Å². The van der Waals surface area contributed by atoms with Crippen LogP contribution in [0.3, 0.4) is 0 Å². The summed E-state index contributed by atoms with van der Waals surface area (Å²) < 4.78 is 56.6. The Kier molecular flexibility index (Phi) is 48.5. The summed E-state index contributed by atoms with van der Waals surface area (Å²) in [6.45, 7) is 30.2. The first-order valence-corrected chi connectivity index (χ1v) is 51.0. The van der Waals surface area contributed by atoms with Gasteiger partial charge in [0.1, 0.15) is 52.9 Å². The SMILES string of the molecule is Cc1cc(CO)ccc1NC(=O)OCc1ccc(NC(=O)OCc2ccc(NC(=O)OCc3ccc(NC(=O)OCc4ccc(NC(=O)OCc5ccc(NC(=O)OCc6ccc(NC(=O)OCc7ccc(NC(=O)OCc8cc(OCCC(C)CCC[C@H](C)CCC[C@H](C)CCCC(C)C)c(OCCC(C)CCC[C@H](C)CCC[C@H](C)CCCC(C)C)cc8[N+](=O)[O-])cc7)c(C)c6)cc5)cc4)c(C)c3)cc2)c(C)c1. The highest BCUT2D eigenvalue weighted by Gasteiger charge is 2.25. The monoisotopic (exact) mass is 1990 g/mol. The van der Waals surface area contributed by atoms with E-state index in [1.165, 1.54) is 96.0 Å². The van der Waals surface area contributed by atoms with Crippen molar-refractivity contribution in [2.24, 2.45) is 47.3 Å². The summed E-state index contributed by atoms with van der Waals surface area (Å²) in [6, 6.07) is 50.1. The van der Waals surface area contributed by atoms with Crippen LogP contribution in [0.5, 0.6) is 11.5 Å². The molecule has 6 atom stereocenters. The second-order valence-corrected chi connectivity index (χ2v) is 39.6. The lowest BCUT2D eigenvalue weighted by Gasteiger charge is -2.18. The third-order valence-electron chi connectivity index (χ3n) is 25.7. The normalized spacial score (nSPS) is 12.4. The van der Waals surface area contributed by atoms with Crippen molar-refractivity contribution >= 4 is 99.9 Å². The number of hydrogen-bond acceptors (Lipinski definition) is 21. The number of amides is 8. The topological polar surface area (TPSA) is 388 Å². The molecule has 9 aromatic carbocycles. The maximum Gasteiger partial charge on any atom is 0.411 e.